The van der Waals surface area contributed by atoms with Gasteiger partial charge in [0.1, 0.15) is 6.04 Å². The van der Waals surface area contributed by atoms with Gasteiger partial charge in [-0.1, -0.05) is 52.3 Å². The highest BCUT2D eigenvalue weighted by molar-refractivity contribution is 9.10. The lowest BCUT2D eigenvalue weighted by atomic mass is 10.0. The number of carboxylic acid groups (broad SMARTS) is 1. The standard InChI is InChI=1S/C20H18BrNO2S/c21-15-8-3-2-7-14(15)19(22-11-5-9-16(22)20(23)24)18-12-13-6-1-4-10-17(13)25-18/h1-4,6-8,10,12,16,19H,5,9,11H2,(H,23,24). The average Bonchev–Trinajstić information content (AvgIpc) is 3.24. The summed E-state index contributed by atoms with van der Waals surface area (Å²) in [5, 5.41) is 10.9. The molecule has 1 saturated heterocycles. The molecule has 25 heavy (non-hydrogen) atoms. The summed E-state index contributed by atoms with van der Waals surface area (Å²) in [5.74, 6) is -0.726. The first-order chi connectivity index (χ1) is 12.1. The van der Waals surface area contributed by atoms with Crippen LogP contribution in [-0.2, 0) is 4.79 Å². The minimum atomic E-state index is -0.726. The Balaban J connectivity index is 1.86. The Hall–Kier alpha value is -1.69. The molecular formula is C20H18BrNO2S. The summed E-state index contributed by atoms with van der Waals surface area (Å²) in [6.07, 6.45) is 1.63. The normalized spacial score (nSPS) is 19.3. The van der Waals surface area contributed by atoms with E-state index in [1.807, 2.05) is 30.3 Å². The average molecular weight is 416 g/mol. The fraction of sp³-hybridized carbons (Fsp3) is 0.250. The van der Waals surface area contributed by atoms with Crippen molar-refractivity contribution in [1.29, 1.82) is 0 Å². The molecule has 0 bridgehead atoms. The number of hydrogen-bond acceptors (Lipinski definition) is 3. The molecule has 0 radical (unpaired) electrons. The van der Waals surface area contributed by atoms with Crippen molar-refractivity contribution < 1.29 is 9.90 Å². The van der Waals surface area contributed by atoms with Crippen LogP contribution in [0, 0.1) is 0 Å². The third kappa shape index (κ3) is 3.12. The molecule has 4 rings (SSSR count). The topological polar surface area (TPSA) is 40.5 Å². The van der Waals surface area contributed by atoms with Crippen LogP contribution in [0.4, 0.5) is 0 Å². The molecule has 2 heterocycles. The Bertz CT molecular complexity index is 890. The minimum Gasteiger partial charge on any atom is -0.480 e. The third-order valence-electron chi connectivity index (χ3n) is 4.82. The highest BCUT2D eigenvalue weighted by atomic mass is 79.9. The number of likely N-dealkylation sites (tertiary alicyclic amines) is 1. The molecule has 2 atom stereocenters. The van der Waals surface area contributed by atoms with Gasteiger partial charge in [0, 0.05) is 20.6 Å². The number of aliphatic carboxylic acids is 1. The molecule has 0 amide bonds. The van der Waals surface area contributed by atoms with Crippen LogP contribution >= 0.6 is 27.3 Å². The van der Waals surface area contributed by atoms with Gasteiger partial charge in [0.2, 0.25) is 0 Å². The van der Waals surface area contributed by atoms with Gasteiger partial charge in [-0.15, -0.1) is 11.3 Å². The fourth-order valence-corrected chi connectivity index (χ4v) is 5.40. The van der Waals surface area contributed by atoms with Crippen LogP contribution in [-0.4, -0.2) is 28.6 Å². The summed E-state index contributed by atoms with van der Waals surface area (Å²) in [6.45, 7) is 0.803. The predicted octanol–water partition coefficient (Wildman–Crippen LogP) is 5.30. The van der Waals surface area contributed by atoms with Gasteiger partial charge in [0.05, 0.1) is 6.04 Å². The molecule has 1 aromatic heterocycles. The summed E-state index contributed by atoms with van der Waals surface area (Å²) in [5.41, 5.74) is 1.13. The van der Waals surface area contributed by atoms with Gasteiger partial charge in [0.15, 0.2) is 0 Å². The number of thiophene rings is 1. The lowest BCUT2D eigenvalue weighted by molar-refractivity contribution is -0.142. The molecule has 1 aliphatic rings. The summed E-state index contributed by atoms with van der Waals surface area (Å²) in [6, 6.07) is 18.2. The SMILES string of the molecule is O=C(O)C1CCCN1C(c1cc2ccccc2s1)c1ccccc1Br. The van der Waals surface area contributed by atoms with Crippen LogP contribution < -0.4 is 0 Å². The van der Waals surface area contributed by atoms with Gasteiger partial charge in [-0.3, -0.25) is 9.69 Å². The fourth-order valence-electron chi connectivity index (χ4n) is 3.69. The van der Waals surface area contributed by atoms with E-state index in [0.717, 1.165) is 23.0 Å². The minimum absolute atomic E-state index is 0.0448. The Labute approximate surface area is 159 Å². The molecule has 0 spiro atoms. The quantitative estimate of drug-likeness (QED) is 0.627. The monoisotopic (exact) mass is 415 g/mol. The summed E-state index contributed by atoms with van der Waals surface area (Å²) in [4.78, 5) is 15.1. The predicted molar refractivity (Wildman–Crippen MR) is 105 cm³/mol. The van der Waals surface area contributed by atoms with Crippen molar-refractivity contribution in [2.75, 3.05) is 6.54 Å². The lowest BCUT2D eigenvalue weighted by Crippen LogP contribution is -2.39. The Kier molecular flexibility index (Phi) is 4.63. The molecule has 3 nitrogen and oxygen atoms in total. The molecule has 2 unspecified atom stereocenters. The van der Waals surface area contributed by atoms with Gasteiger partial charge in [-0.05, 0) is 42.0 Å². The van der Waals surface area contributed by atoms with Crippen molar-refractivity contribution in [3.05, 3.63) is 69.5 Å². The highest BCUT2D eigenvalue weighted by Gasteiger charge is 2.38. The summed E-state index contributed by atoms with van der Waals surface area (Å²) < 4.78 is 2.26. The number of fused-ring (bicyclic) bond motifs is 1. The van der Waals surface area contributed by atoms with E-state index in [-0.39, 0.29) is 6.04 Å². The van der Waals surface area contributed by atoms with Crippen molar-refractivity contribution in [3.8, 4) is 0 Å². The molecule has 3 aromatic rings. The van der Waals surface area contributed by atoms with Crippen molar-refractivity contribution in [2.45, 2.75) is 24.9 Å². The van der Waals surface area contributed by atoms with E-state index in [2.05, 4.69) is 45.1 Å². The zero-order valence-electron chi connectivity index (χ0n) is 13.6. The second-order valence-electron chi connectivity index (χ2n) is 6.34. The van der Waals surface area contributed by atoms with E-state index in [4.69, 9.17) is 0 Å². The van der Waals surface area contributed by atoms with Crippen LogP contribution in [0.5, 0.6) is 0 Å². The zero-order valence-corrected chi connectivity index (χ0v) is 16.0. The number of halogens is 1. The third-order valence-corrected chi connectivity index (χ3v) is 6.72. The molecule has 1 N–H and O–H groups in total. The van der Waals surface area contributed by atoms with Gasteiger partial charge in [0.25, 0.3) is 0 Å². The van der Waals surface area contributed by atoms with E-state index in [1.165, 1.54) is 15.0 Å². The Morgan fingerprint density at radius 2 is 1.96 bits per heavy atom. The first-order valence-electron chi connectivity index (χ1n) is 8.36. The number of nitrogens with zero attached hydrogens (tertiary/aromatic N) is 1. The number of benzene rings is 2. The van der Waals surface area contributed by atoms with Crippen molar-refractivity contribution in [3.63, 3.8) is 0 Å². The second kappa shape index (κ2) is 6.90. The van der Waals surface area contributed by atoms with Gasteiger partial charge in [-0.25, -0.2) is 0 Å². The van der Waals surface area contributed by atoms with Crippen LogP contribution in [0.1, 0.15) is 29.3 Å². The maximum absolute atomic E-state index is 11.8. The number of rotatable bonds is 4. The van der Waals surface area contributed by atoms with E-state index < -0.39 is 12.0 Å². The van der Waals surface area contributed by atoms with E-state index >= 15 is 0 Å². The van der Waals surface area contributed by atoms with Gasteiger partial charge >= 0.3 is 5.97 Å². The van der Waals surface area contributed by atoms with Crippen molar-refractivity contribution >= 4 is 43.3 Å². The van der Waals surface area contributed by atoms with Crippen molar-refractivity contribution in [2.24, 2.45) is 0 Å². The van der Waals surface area contributed by atoms with E-state index in [9.17, 15) is 9.90 Å². The largest absolute Gasteiger partial charge is 0.480 e. The maximum Gasteiger partial charge on any atom is 0.320 e. The van der Waals surface area contributed by atoms with Crippen LogP contribution in [0.15, 0.2) is 59.1 Å². The summed E-state index contributed by atoms with van der Waals surface area (Å²) >= 11 is 5.43. The van der Waals surface area contributed by atoms with E-state index in [1.54, 1.807) is 11.3 Å². The first kappa shape index (κ1) is 16.8. The Morgan fingerprint density at radius 3 is 2.72 bits per heavy atom. The van der Waals surface area contributed by atoms with Gasteiger partial charge < -0.3 is 5.11 Å². The molecule has 2 aromatic carbocycles. The molecule has 0 aliphatic carbocycles. The van der Waals surface area contributed by atoms with Crippen LogP contribution in [0.2, 0.25) is 0 Å². The lowest BCUT2D eigenvalue weighted by Gasteiger charge is -2.31. The first-order valence-corrected chi connectivity index (χ1v) is 9.97. The summed E-state index contributed by atoms with van der Waals surface area (Å²) in [7, 11) is 0. The number of carboxylic acids is 1. The molecule has 1 aliphatic heterocycles. The number of carbonyl (C=O) groups is 1. The molecule has 1 fully saturated rings. The molecule has 5 heteroatoms. The molecular weight excluding hydrogens is 398 g/mol. The van der Waals surface area contributed by atoms with E-state index in [0.29, 0.717) is 6.42 Å². The smallest absolute Gasteiger partial charge is 0.320 e. The molecule has 128 valence electrons. The zero-order chi connectivity index (χ0) is 17.4. The van der Waals surface area contributed by atoms with Gasteiger partial charge in [-0.2, -0.15) is 0 Å². The van der Waals surface area contributed by atoms with Crippen molar-refractivity contribution in [1.82, 2.24) is 4.90 Å². The van der Waals surface area contributed by atoms with Crippen LogP contribution in [0.3, 0.4) is 0 Å². The second-order valence-corrected chi connectivity index (χ2v) is 8.31. The molecule has 0 saturated carbocycles. The Morgan fingerprint density at radius 1 is 1.20 bits per heavy atom. The number of hydrogen-bond donors (Lipinski definition) is 1. The maximum atomic E-state index is 11.8. The highest BCUT2D eigenvalue weighted by Crippen LogP contribution is 2.42. The van der Waals surface area contributed by atoms with Crippen LogP contribution in [0.25, 0.3) is 10.1 Å².